The highest BCUT2D eigenvalue weighted by Crippen LogP contribution is 2.29. The zero-order chi connectivity index (χ0) is 25.6. The van der Waals surface area contributed by atoms with Gasteiger partial charge in [0, 0.05) is 48.0 Å². The van der Waals surface area contributed by atoms with Crippen LogP contribution in [0.2, 0.25) is 5.02 Å². The van der Waals surface area contributed by atoms with Gasteiger partial charge in [0.2, 0.25) is 0 Å². The van der Waals surface area contributed by atoms with Gasteiger partial charge in [0.05, 0.1) is 12.3 Å². The van der Waals surface area contributed by atoms with Crippen molar-refractivity contribution < 1.29 is 13.9 Å². The minimum atomic E-state index is -0.543. The van der Waals surface area contributed by atoms with E-state index in [2.05, 4.69) is 4.98 Å². The van der Waals surface area contributed by atoms with Gasteiger partial charge in [0.15, 0.2) is 5.65 Å². The first-order chi connectivity index (χ1) is 17.2. The maximum absolute atomic E-state index is 15.0. The molecule has 2 atom stereocenters. The number of anilines is 1. The van der Waals surface area contributed by atoms with Crippen molar-refractivity contribution in [3.63, 3.8) is 0 Å². The zero-order valence-corrected chi connectivity index (χ0v) is 21.4. The molecular weight excluding hydrogens is 485 g/mol. The third-order valence-corrected chi connectivity index (χ3v) is 7.35. The molecule has 190 valence electrons. The average molecular weight is 514 g/mol. The monoisotopic (exact) mass is 513 g/mol. The first-order valence-corrected chi connectivity index (χ1v) is 12.7. The molecule has 5 rings (SSSR count). The van der Waals surface area contributed by atoms with E-state index >= 15 is 0 Å². The largest absolute Gasteiger partial charge is 0.365 e. The molecule has 2 unspecified atom stereocenters. The van der Waals surface area contributed by atoms with E-state index in [4.69, 9.17) is 21.3 Å². The molecule has 2 aliphatic rings. The highest BCUT2D eigenvalue weighted by Gasteiger charge is 2.32. The van der Waals surface area contributed by atoms with Gasteiger partial charge in [-0.15, -0.1) is 0 Å². The van der Waals surface area contributed by atoms with E-state index in [1.807, 2.05) is 16.7 Å². The number of piperazine rings is 1. The van der Waals surface area contributed by atoms with Crippen molar-refractivity contribution in [2.75, 3.05) is 31.1 Å². The van der Waals surface area contributed by atoms with Gasteiger partial charge in [-0.2, -0.15) is 0 Å². The lowest BCUT2D eigenvalue weighted by atomic mass is 10.0. The zero-order valence-electron chi connectivity index (χ0n) is 20.6. The number of hydrogen-bond donors (Lipinski definition) is 0. The Bertz CT molecular complexity index is 1390. The molecule has 0 aliphatic carbocycles. The molecule has 2 aromatic heterocycles. The highest BCUT2D eigenvalue weighted by atomic mass is 35.5. The quantitative estimate of drug-likeness (QED) is 0.530. The maximum Gasteiger partial charge on any atom is 0.261 e. The summed E-state index contributed by atoms with van der Waals surface area (Å²) in [5.41, 5.74) is 1.62. The summed E-state index contributed by atoms with van der Waals surface area (Å²) in [6.07, 6.45) is 4.09. The predicted octanol–water partition coefficient (Wildman–Crippen LogP) is 3.77. The van der Waals surface area contributed by atoms with Crippen LogP contribution in [-0.4, -0.2) is 63.6 Å². The molecule has 0 bridgehead atoms. The fourth-order valence-corrected chi connectivity index (χ4v) is 5.05. The van der Waals surface area contributed by atoms with E-state index in [0.29, 0.717) is 43.3 Å². The first kappa shape index (κ1) is 24.6. The average Bonchev–Trinajstić information content (AvgIpc) is 2.87. The number of aryl methyl sites for hydroxylation is 1. The number of ether oxygens (including phenoxy) is 1. The molecule has 0 radical (unpaired) electrons. The van der Waals surface area contributed by atoms with Crippen LogP contribution < -0.4 is 10.5 Å². The Morgan fingerprint density at radius 2 is 1.89 bits per heavy atom. The molecule has 10 heteroatoms. The van der Waals surface area contributed by atoms with E-state index in [0.717, 1.165) is 19.3 Å². The van der Waals surface area contributed by atoms with Gasteiger partial charge >= 0.3 is 0 Å². The lowest BCUT2D eigenvalue weighted by Crippen LogP contribution is -2.53. The van der Waals surface area contributed by atoms with Crippen LogP contribution in [0.4, 0.5) is 10.2 Å². The summed E-state index contributed by atoms with van der Waals surface area (Å²) in [5, 5.41) is 0.269. The number of hydrogen-bond acceptors (Lipinski definition) is 6. The van der Waals surface area contributed by atoms with Crippen molar-refractivity contribution >= 4 is 29.0 Å². The Hall–Kier alpha value is -3.04. The van der Waals surface area contributed by atoms with Crippen LogP contribution in [-0.2, 0) is 9.53 Å². The van der Waals surface area contributed by atoms with Gasteiger partial charge in [-0.3, -0.25) is 14.0 Å². The van der Waals surface area contributed by atoms with Crippen molar-refractivity contribution in [1.82, 2.24) is 19.3 Å². The Morgan fingerprint density at radius 1 is 1.14 bits per heavy atom. The molecule has 0 spiro atoms. The van der Waals surface area contributed by atoms with Crippen LogP contribution in [0.3, 0.4) is 0 Å². The smallest absolute Gasteiger partial charge is 0.261 e. The van der Waals surface area contributed by atoms with Crippen molar-refractivity contribution in [1.29, 1.82) is 0 Å². The van der Waals surface area contributed by atoms with E-state index < -0.39 is 5.82 Å². The lowest BCUT2D eigenvalue weighted by molar-refractivity contribution is -0.151. The molecule has 0 N–H and O–H groups in total. The molecule has 36 heavy (non-hydrogen) atoms. The molecule has 3 aromatic rings. The van der Waals surface area contributed by atoms with Crippen molar-refractivity contribution in [3.8, 4) is 11.3 Å². The Labute approximate surface area is 213 Å². The van der Waals surface area contributed by atoms with Crippen molar-refractivity contribution in [2.45, 2.75) is 52.2 Å². The van der Waals surface area contributed by atoms with Crippen molar-refractivity contribution in [2.24, 2.45) is 0 Å². The van der Waals surface area contributed by atoms with Gasteiger partial charge in [0.25, 0.3) is 11.5 Å². The Morgan fingerprint density at radius 3 is 2.58 bits per heavy atom. The Kier molecular flexibility index (Phi) is 6.70. The summed E-state index contributed by atoms with van der Waals surface area (Å²) in [4.78, 5) is 39.3. The van der Waals surface area contributed by atoms with Crippen LogP contribution in [0.5, 0.6) is 0 Å². The third kappa shape index (κ3) is 4.57. The van der Waals surface area contributed by atoms with Crippen molar-refractivity contribution in [3.05, 3.63) is 56.8 Å². The summed E-state index contributed by atoms with van der Waals surface area (Å²) in [7, 11) is 0. The summed E-state index contributed by atoms with van der Waals surface area (Å²) >= 11 is 5.97. The summed E-state index contributed by atoms with van der Waals surface area (Å²) in [6.45, 7) is 7.56. The number of halogens is 2. The molecular formula is C26H29ClFN5O3. The molecule has 0 saturated carbocycles. The van der Waals surface area contributed by atoms with Crippen LogP contribution in [0, 0.1) is 19.7 Å². The van der Waals surface area contributed by atoms with E-state index in [-0.39, 0.29) is 45.6 Å². The Balaban J connectivity index is 1.48. The minimum Gasteiger partial charge on any atom is -0.365 e. The number of rotatable bonds is 3. The lowest BCUT2D eigenvalue weighted by Gasteiger charge is -2.38. The molecule has 1 aromatic carbocycles. The molecule has 1 amide bonds. The van der Waals surface area contributed by atoms with Gasteiger partial charge in [-0.1, -0.05) is 11.6 Å². The number of fused-ring (bicyclic) bond motifs is 1. The molecule has 8 nitrogen and oxygen atoms in total. The second kappa shape index (κ2) is 9.78. The summed E-state index contributed by atoms with van der Waals surface area (Å²) < 4.78 is 22.3. The number of carbonyl (C=O) groups is 1. The minimum absolute atomic E-state index is 0.0307. The fraction of sp³-hybridized carbons (Fsp3) is 0.462. The number of amides is 1. The number of nitrogens with zero attached hydrogens (tertiary/aromatic N) is 5. The van der Waals surface area contributed by atoms with Crippen LogP contribution in [0.1, 0.15) is 37.4 Å². The van der Waals surface area contributed by atoms with E-state index in [9.17, 15) is 14.0 Å². The number of aromatic nitrogens is 3. The van der Waals surface area contributed by atoms with Crippen LogP contribution in [0.25, 0.3) is 16.9 Å². The predicted molar refractivity (Wildman–Crippen MR) is 136 cm³/mol. The van der Waals surface area contributed by atoms with Gasteiger partial charge in [-0.25, -0.2) is 14.4 Å². The van der Waals surface area contributed by atoms with Gasteiger partial charge in [-0.05, 0) is 58.2 Å². The van der Waals surface area contributed by atoms with Crippen LogP contribution >= 0.6 is 11.6 Å². The normalized spacial score (nSPS) is 20.7. The summed E-state index contributed by atoms with van der Waals surface area (Å²) in [6, 6.07) is 4.36. The number of benzene rings is 1. The van der Waals surface area contributed by atoms with E-state index in [1.54, 1.807) is 32.2 Å². The maximum atomic E-state index is 15.0. The topological polar surface area (TPSA) is 80.0 Å². The first-order valence-electron chi connectivity index (χ1n) is 12.3. The van der Waals surface area contributed by atoms with Gasteiger partial charge < -0.3 is 14.5 Å². The molecule has 2 saturated heterocycles. The summed E-state index contributed by atoms with van der Waals surface area (Å²) in [5.74, 6) is 0.00964. The third-order valence-electron chi connectivity index (χ3n) is 7.12. The number of carbonyl (C=O) groups excluding carboxylic acids is 1. The molecule has 4 heterocycles. The fourth-order valence-electron chi connectivity index (χ4n) is 4.89. The standard InChI is InChI=1S/C26H29ClFN5O3/c1-15-5-4-6-21(36-15)26(35)32-11-9-31(10-12-32)22-14-33-24(29-17(3)16(2)25(33)34)23(30-22)19-8-7-18(27)13-20(19)28/h7-8,13-15,21H,4-6,9-12H2,1-3H3. The van der Waals surface area contributed by atoms with E-state index in [1.165, 1.54) is 10.5 Å². The van der Waals surface area contributed by atoms with Gasteiger partial charge in [0.1, 0.15) is 23.4 Å². The highest BCUT2D eigenvalue weighted by molar-refractivity contribution is 6.30. The van der Waals surface area contributed by atoms with Crippen LogP contribution in [0.15, 0.2) is 29.2 Å². The second-order valence-corrected chi connectivity index (χ2v) is 10.0. The molecule has 2 aliphatic heterocycles. The second-order valence-electron chi connectivity index (χ2n) is 9.57. The molecule has 2 fully saturated rings. The SMILES string of the molecule is Cc1nc2c(-c3ccc(Cl)cc3F)nc(N3CCN(C(=O)C4CCCC(C)O4)CC3)cn2c(=O)c1C.